The summed E-state index contributed by atoms with van der Waals surface area (Å²) in [5, 5.41) is 4.49. The number of carbonyl (C=O) groups excluding carboxylic acids is 2. The van der Waals surface area contributed by atoms with Crippen LogP contribution in [-0.2, 0) is 4.79 Å². The van der Waals surface area contributed by atoms with Crippen LogP contribution in [0.4, 0.5) is 0 Å². The smallest absolute Gasteiger partial charge is 0.274 e. The highest BCUT2D eigenvalue weighted by Gasteiger charge is 2.27. The van der Waals surface area contributed by atoms with E-state index in [1.807, 2.05) is 21.8 Å². The lowest BCUT2D eigenvalue weighted by atomic mass is 9.94. The van der Waals surface area contributed by atoms with Crippen molar-refractivity contribution in [2.24, 2.45) is 11.7 Å². The second-order valence-corrected chi connectivity index (χ2v) is 6.55. The molecule has 0 radical (unpaired) electrons. The summed E-state index contributed by atoms with van der Waals surface area (Å²) >= 11 is 0. The Morgan fingerprint density at radius 1 is 1.23 bits per heavy atom. The molecule has 3 rings (SSSR count). The van der Waals surface area contributed by atoms with Crippen LogP contribution in [0.25, 0.3) is 0 Å². The number of piperidine rings is 1. The Hall–Kier alpha value is -1.85. The summed E-state index contributed by atoms with van der Waals surface area (Å²) in [5.41, 5.74) is 5.79. The van der Waals surface area contributed by atoms with E-state index in [0.29, 0.717) is 24.7 Å². The summed E-state index contributed by atoms with van der Waals surface area (Å²) in [6.07, 6.45) is 8.97. The van der Waals surface area contributed by atoms with Crippen molar-refractivity contribution in [2.75, 3.05) is 13.1 Å². The second-order valence-electron chi connectivity index (χ2n) is 6.55. The van der Waals surface area contributed by atoms with Gasteiger partial charge in [0, 0.05) is 25.7 Å². The SMILES string of the molecule is NC(=O)C[C@@H]1CCCN(C(=O)c2ccn(C3CCCC3)n2)C1. The zero-order valence-electron chi connectivity index (χ0n) is 12.9. The third kappa shape index (κ3) is 3.31. The summed E-state index contributed by atoms with van der Waals surface area (Å²) in [6.45, 7) is 1.35. The Bertz CT molecular complexity index is 548. The van der Waals surface area contributed by atoms with Crippen molar-refractivity contribution < 1.29 is 9.59 Å². The van der Waals surface area contributed by atoms with Crippen LogP contribution in [0.5, 0.6) is 0 Å². The predicted octanol–water partition coefficient (Wildman–Crippen LogP) is 1.73. The molecule has 2 fully saturated rings. The highest BCUT2D eigenvalue weighted by molar-refractivity contribution is 5.92. The molecule has 0 bridgehead atoms. The first-order valence-electron chi connectivity index (χ1n) is 8.26. The number of hydrogen-bond donors (Lipinski definition) is 1. The average molecular weight is 304 g/mol. The van der Waals surface area contributed by atoms with E-state index >= 15 is 0 Å². The molecule has 1 aliphatic carbocycles. The molecule has 6 heteroatoms. The van der Waals surface area contributed by atoms with Crippen LogP contribution < -0.4 is 5.73 Å². The molecule has 1 aromatic heterocycles. The molecule has 1 saturated heterocycles. The molecule has 6 nitrogen and oxygen atoms in total. The summed E-state index contributed by atoms with van der Waals surface area (Å²) in [7, 11) is 0. The quantitative estimate of drug-likeness (QED) is 0.919. The summed E-state index contributed by atoms with van der Waals surface area (Å²) < 4.78 is 1.95. The molecule has 1 aliphatic heterocycles. The molecule has 120 valence electrons. The minimum absolute atomic E-state index is 0.0223. The molecule has 2 heterocycles. The fraction of sp³-hybridized carbons (Fsp3) is 0.688. The Balaban J connectivity index is 1.64. The predicted molar refractivity (Wildman–Crippen MR) is 82.2 cm³/mol. The van der Waals surface area contributed by atoms with Gasteiger partial charge < -0.3 is 10.6 Å². The first kappa shape index (κ1) is 15.1. The van der Waals surface area contributed by atoms with Crippen LogP contribution in [-0.4, -0.2) is 39.6 Å². The van der Waals surface area contributed by atoms with Crippen LogP contribution in [0.3, 0.4) is 0 Å². The van der Waals surface area contributed by atoms with Crippen molar-refractivity contribution in [3.05, 3.63) is 18.0 Å². The molecular formula is C16H24N4O2. The molecule has 1 saturated carbocycles. The van der Waals surface area contributed by atoms with Gasteiger partial charge in [-0.25, -0.2) is 0 Å². The van der Waals surface area contributed by atoms with Crippen molar-refractivity contribution in [3.63, 3.8) is 0 Å². The fourth-order valence-electron chi connectivity index (χ4n) is 3.69. The zero-order chi connectivity index (χ0) is 15.5. The number of likely N-dealkylation sites (tertiary alicyclic amines) is 1. The van der Waals surface area contributed by atoms with E-state index in [-0.39, 0.29) is 17.7 Å². The van der Waals surface area contributed by atoms with Crippen LogP contribution in [0.1, 0.15) is 61.5 Å². The molecular weight excluding hydrogens is 280 g/mol. The maximum absolute atomic E-state index is 12.6. The number of carbonyl (C=O) groups is 2. The van der Waals surface area contributed by atoms with Gasteiger partial charge in [-0.05, 0) is 37.7 Å². The number of aromatic nitrogens is 2. The molecule has 1 aromatic rings. The Morgan fingerprint density at radius 3 is 2.73 bits per heavy atom. The number of hydrogen-bond acceptors (Lipinski definition) is 3. The number of rotatable bonds is 4. The van der Waals surface area contributed by atoms with Gasteiger partial charge in [-0.2, -0.15) is 5.10 Å². The molecule has 0 unspecified atom stereocenters. The van der Waals surface area contributed by atoms with Crippen molar-refractivity contribution >= 4 is 11.8 Å². The molecule has 0 spiro atoms. The molecule has 2 amide bonds. The fourth-order valence-corrected chi connectivity index (χ4v) is 3.69. The van der Waals surface area contributed by atoms with Gasteiger partial charge in [0.25, 0.3) is 5.91 Å². The Morgan fingerprint density at radius 2 is 2.00 bits per heavy atom. The standard InChI is InChI=1S/C16H24N4O2/c17-15(21)10-12-4-3-8-19(11-12)16(22)14-7-9-20(18-14)13-5-1-2-6-13/h7,9,12-13H,1-6,8,10-11H2,(H2,17,21)/t12-/m0/s1. The van der Waals surface area contributed by atoms with Crippen LogP contribution >= 0.6 is 0 Å². The Labute approximate surface area is 130 Å². The van der Waals surface area contributed by atoms with E-state index in [9.17, 15) is 9.59 Å². The minimum Gasteiger partial charge on any atom is -0.370 e. The van der Waals surface area contributed by atoms with Gasteiger partial charge in [-0.1, -0.05) is 12.8 Å². The van der Waals surface area contributed by atoms with Gasteiger partial charge in [0.2, 0.25) is 5.91 Å². The third-order valence-electron chi connectivity index (χ3n) is 4.82. The van der Waals surface area contributed by atoms with E-state index in [0.717, 1.165) is 32.2 Å². The van der Waals surface area contributed by atoms with E-state index in [1.165, 1.54) is 12.8 Å². The highest BCUT2D eigenvalue weighted by atomic mass is 16.2. The van der Waals surface area contributed by atoms with E-state index in [2.05, 4.69) is 5.10 Å². The molecule has 1 atom stereocenters. The monoisotopic (exact) mass is 304 g/mol. The largest absolute Gasteiger partial charge is 0.370 e. The zero-order valence-corrected chi connectivity index (χ0v) is 12.9. The van der Waals surface area contributed by atoms with Gasteiger partial charge in [-0.15, -0.1) is 0 Å². The number of primary amides is 1. The maximum Gasteiger partial charge on any atom is 0.274 e. The third-order valence-corrected chi connectivity index (χ3v) is 4.82. The lowest BCUT2D eigenvalue weighted by Gasteiger charge is -2.31. The number of amides is 2. The van der Waals surface area contributed by atoms with Crippen molar-refractivity contribution in [2.45, 2.75) is 51.0 Å². The van der Waals surface area contributed by atoms with Gasteiger partial charge in [0.1, 0.15) is 5.69 Å². The molecule has 0 aromatic carbocycles. The van der Waals surface area contributed by atoms with Gasteiger partial charge in [0.15, 0.2) is 0 Å². The average Bonchev–Trinajstić information content (AvgIpc) is 3.17. The Kier molecular flexibility index (Phi) is 4.45. The topological polar surface area (TPSA) is 81.2 Å². The van der Waals surface area contributed by atoms with Crippen molar-refractivity contribution in [1.29, 1.82) is 0 Å². The van der Waals surface area contributed by atoms with Crippen LogP contribution in [0.2, 0.25) is 0 Å². The van der Waals surface area contributed by atoms with E-state index in [4.69, 9.17) is 5.73 Å². The van der Waals surface area contributed by atoms with Gasteiger partial charge >= 0.3 is 0 Å². The lowest BCUT2D eigenvalue weighted by molar-refractivity contribution is -0.119. The molecule has 2 N–H and O–H groups in total. The summed E-state index contributed by atoms with van der Waals surface area (Å²) in [5.74, 6) is -0.122. The normalized spacial score (nSPS) is 22.9. The first-order valence-corrected chi connectivity index (χ1v) is 8.26. The minimum atomic E-state index is -0.287. The van der Waals surface area contributed by atoms with Gasteiger partial charge in [-0.3, -0.25) is 14.3 Å². The number of nitrogens with zero attached hydrogens (tertiary/aromatic N) is 3. The molecule has 22 heavy (non-hydrogen) atoms. The van der Waals surface area contributed by atoms with Crippen molar-refractivity contribution in [3.8, 4) is 0 Å². The van der Waals surface area contributed by atoms with E-state index < -0.39 is 0 Å². The summed E-state index contributed by atoms with van der Waals surface area (Å²) in [4.78, 5) is 25.5. The van der Waals surface area contributed by atoms with Crippen molar-refractivity contribution in [1.82, 2.24) is 14.7 Å². The highest BCUT2D eigenvalue weighted by Crippen LogP contribution is 2.29. The summed E-state index contributed by atoms with van der Waals surface area (Å²) in [6, 6.07) is 2.27. The second kappa shape index (κ2) is 6.50. The van der Waals surface area contributed by atoms with Gasteiger partial charge in [0.05, 0.1) is 6.04 Å². The molecule has 2 aliphatic rings. The first-order chi connectivity index (χ1) is 10.6. The lowest BCUT2D eigenvalue weighted by Crippen LogP contribution is -2.41. The van der Waals surface area contributed by atoms with E-state index in [1.54, 1.807) is 0 Å². The maximum atomic E-state index is 12.6. The number of nitrogens with two attached hydrogens (primary N) is 1. The van der Waals surface area contributed by atoms with Crippen LogP contribution in [0, 0.1) is 5.92 Å². The van der Waals surface area contributed by atoms with Crippen LogP contribution in [0.15, 0.2) is 12.3 Å².